The molecule has 0 unspecified atom stereocenters. The first kappa shape index (κ1) is 15.7. The fraction of sp³-hybridized carbons (Fsp3) is 0.222. The van der Waals surface area contributed by atoms with Gasteiger partial charge in [0.15, 0.2) is 0 Å². The Hall–Kier alpha value is -2.14. The molecule has 1 aliphatic rings. The predicted molar refractivity (Wildman–Crippen MR) is 91.8 cm³/mol. The third-order valence-electron chi connectivity index (χ3n) is 4.15. The molecule has 1 fully saturated rings. The van der Waals surface area contributed by atoms with Crippen LogP contribution in [0.4, 0.5) is 4.79 Å². The van der Waals surface area contributed by atoms with Gasteiger partial charge in [0.25, 0.3) is 5.91 Å². The van der Waals surface area contributed by atoms with Crippen LogP contribution < -0.4 is 5.32 Å². The zero-order valence-electron chi connectivity index (χ0n) is 13.0. The highest BCUT2D eigenvalue weighted by molar-refractivity contribution is 9.10. The maximum atomic E-state index is 12.9. The van der Waals surface area contributed by atoms with Crippen LogP contribution in [0.1, 0.15) is 23.6 Å². The first-order chi connectivity index (χ1) is 10.9. The lowest BCUT2D eigenvalue weighted by Gasteiger charge is -2.23. The van der Waals surface area contributed by atoms with Gasteiger partial charge in [-0.3, -0.25) is 9.69 Å². The monoisotopic (exact) mass is 372 g/mol. The van der Waals surface area contributed by atoms with Crippen LogP contribution in [0.5, 0.6) is 0 Å². The number of nitrogens with one attached hydrogen (secondary N) is 1. The summed E-state index contributed by atoms with van der Waals surface area (Å²) < 4.78 is 0.799. The molecule has 0 spiro atoms. The van der Waals surface area contributed by atoms with Gasteiger partial charge in [-0.15, -0.1) is 0 Å². The highest BCUT2D eigenvalue weighted by Crippen LogP contribution is 2.34. The van der Waals surface area contributed by atoms with Crippen LogP contribution >= 0.6 is 15.9 Å². The van der Waals surface area contributed by atoms with Gasteiger partial charge in [-0.25, -0.2) is 4.79 Å². The van der Waals surface area contributed by atoms with Crippen molar-refractivity contribution in [1.29, 1.82) is 0 Å². The average Bonchev–Trinajstić information content (AvgIpc) is 2.74. The van der Waals surface area contributed by atoms with Crippen LogP contribution in [-0.2, 0) is 16.9 Å². The minimum Gasteiger partial charge on any atom is -0.319 e. The van der Waals surface area contributed by atoms with Crippen molar-refractivity contribution in [3.8, 4) is 0 Å². The van der Waals surface area contributed by atoms with Gasteiger partial charge in [-0.2, -0.15) is 0 Å². The molecular formula is C18H17BrN2O2. The summed E-state index contributed by atoms with van der Waals surface area (Å²) in [5.41, 5.74) is 1.77. The van der Waals surface area contributed by atoms with E-state index in [1.54, 1.807) is 6.92 Å². The van der Waals surface area contributed by atoms with Crippen LogP contribution in [0.15, 0.2) is 53.0 Å². The summed E-state index contributed by atoms with van der Waals surface area (Å²) in [6.07, 6.45) is 0. The molecule has 3 rings (SSSR count). The molecule has 1 atom stereocenters. The molecule has 23 heavy (non-hydrogen) atoms. The molecular weight excluding hydrogens is 356 g/mol. The molecule has 0 saturated carbocycles. The Bertz CT molecular complexity index is 773. The molecule has 3 amide bonds. The summed E-state index contributed by atoms with van der Waals surface area (Å²) in [6.45, 7) is 4.01. The SMILES string of the molecule is Cc1ccc(CN2C(=O)N[C@](C)(c3ccccc3Br)C2=O)cc1. The molecule has 1 aliphatic heterocycles. The molecule has 0 radical (unpaired) electrons. The molecule has 5 heteroatoms. The number of amides is 3. The number of hydrogen-bond donors (Lipinski definition) is 1. The quantitative estimate of drug-likeness (QED) is 0.834. The fourth-order valence-electron chi connectivity index (χ4n) is 2.77. The van der Waals surface area contributed by atoms with Crippen LogP contribution in [0.2, 0.25) is 0 Å². The van der Waals surface area contributed by atoms with Crippen molar-refractivity contribution in [3.05, 3.63) is 69.7 Å². The Labute approximate surface area is 143 Å². The van der Waals surface area contributed by atoms with Gasteiger partial charge in [0.1, 0.15) is 5.54 Å². The van der Waals surface area contributed by atoms with E-state index in [1.807, 2.05) is 55.5 Å². The van der Waals surface area contributed by atoms with Crippen LogP contribution in [0, 0.1) is 6.92 Å². The molecule has 118 valence electrons. The van der Waals surface area contributed by atoms with Gasteiger partial charge in [-0.1, -0.05) is 64.0 Å². The minimum atomic E-state index is -1.05. The normalized spacial score (nSPS) is 20.7. The summed E-state index contributed by atoms with van der Waals surface area (Å²) in [5.74, 6) is -0.241. The molecule has 1 N–H and O–H groups in total. The number of rotatable bonds is 3. The van der Waals surface area contributed by atoms with Crippen molar-refractivity contribution in [1.82, 2.24) is 10.2 Å². The van der Waals surface area contributed by atoms with Crippen LogP contribution in [0.25, 0.3) is 0 Å². The molecule has 1 heterocycles. The molecule has 4 nitrogen and oxygen atoms in total. The van der Waals surface area contributed by atoms with E-state index >= 15 is 0 Å². The first-order valence-electron chi connectivity index (χ1n) is 7.36. The number of urea groups is 1. The Morgan fingerprint density at radius 1 is 1.09 bits per heavy atom. The summed E-state index contributed by atoms with van der Waals surface area (Å²) in [4.78, 5) is 26.5. The van der Waals surface area contributed by atoms with E-state index in [4.69, 9.17) is 0 Å². The van der Waals surface area contributed by atoms with E-state index in [1.165, 1.54) is 4.90 Å². The lowest BCUT2D eigenvalue weighted by Crippen LogP contribution is -2.41. The fourth-order valence-corrected chi connectivity index (χ4v) is 3.45. The van der Waals surface area contributed by atoms with Crippen molar-refractivity contribution < 1.29 is 9.59 Å². The summed E-state index contributed by atoms with van der Waals surface area (Å²) in [6, 6.07) is 14.9. The zero-order valence-corrected chi connectivity index (χ0v) is 14.6. The third kappa shape index (κ3) is 2.77. The van der Waals surface area contributed by atoms with Crippen LogP contribution in [-0.4, -0.2) is 16.8 Å². The van der Waals surface area contributed by atoms with Gasteiger partial charge in [-0.05, 0) is 25.5 Å². The van der Waals surface area contributed by atoms with Gasteiger partial charge in [0.05, 0.1) is 6.54 Å². The molecule has 0 aromatic heterocycles. The highest BCUT2D eigenvalue weighted by atomic mass is 79.9. The number of carbonyl (C=O) groups excluding carboxylic acids is 2. The smallest absolute Gasteiger partial charge is 0.319 e. The third-order valence-corrected chi connectivity index (χ3v) is 4.84. The van der Waals surface area contributed by atoms with Crippen molar-refractivity contribution in [2.75, 3.05) is 0 Å². The van der Waals surface area contributed by atoms with Crippen molar-refractivity contribution in [3.63, 3.8) is 0 Å². The molecule has 2 aromatic carbocycles. The number of aryl methyl sites for hydroxylation is 1. The largest absolute Gasteiger partial charge is 0.325 e. The van der Waals surface area contributed by atoms with E-state index in [0.29, 0.717) is 0 Å². The molecule has 0 bridgehead atoms. The molecule has 2 aromatic rings. The number of hydrogen-bond acceptors (Lipinski definition) is 2. The Morgan fingerprint density at radius 2 is 1.74 bits per heavy atom. The number of halogens is 1. The van der Waals surface area contributed by atoms with E-state index < -0.39 is 5.54 Å². The summed E-state index contributed by atoms with van der Waals surface area (Å²) >= 11 is 3.46. The van der Waals surface area contributed by atoms with Crippen molar-refractivity contribution in [2.45, 2.75) is 25.9 Å². The maximum Gasteiger partial charge on any atom is 0.325 e. The Morgan fingerprint density at radius 3 is 2.39 bits per heavy atom. The van der Waals surface area contributed by atoms with Gasteiger partial charge < -0.3 is 5.32 Å². The Balaban J connectivity index is 1.91. The zero-order chi connectivity index (χ0) is 16.6. The first-order valence-corrected chi connectivity index (χ1v) is 8.16. The second-order valence-corrected chi connectivity index (χ2v) is 6.77. The topological polar surface area (TPSA) is 49.4 Å². The van der Waals surface area contributed by atoms with Crippen LogP contribution in [0.3, 0.4) is 0 Å². The molecule has 1 saturated heterocycles. The second kappa shape index (κ2) is 5.81. The number of nitrogens with zero attached hydrogens (tertiary/aromatic N) is 1. The van der Waals surface area contributed by atoms with Gasteiger partial charge in [0, 0.05) is 10.0 Å². The van der Waals surface area contributed by atoms with E-state index in [9.17, 15) is 9.59 Å². The summed E-state index contributed by atoms with van der Waals surface area (Å²) in [5, 5.41) is 2.83. The second-order valence-electron chi connectivity index (χ2n) is 5.91. The number of imide groups is 1. The van der Waals surface area contributed by atoms with Gasteiger partial charge >= 0.3 is 6.03 Å². The van der Waals surface area contributed by atoms with E-state index in [-0.39, 0.29) is 18.5 Å². The van der Waals surface area contributed by atoms with E-state index in [2.05, 4.69) is 21.2 Å². The maximum absolute atomic E-state index is 12.9. The number of carbonyl (C=O) groups is 2. The van der Waals surface area contributed by atoms with Gasteiger partial charge in [0.2, 0.25) is 0 Å². The van der Waals surface area contributed by atoms with E-state index in [0.717, 1.165) is 21.2 Å². The lowest BCUT2D eigenvalue weighted by atomic mass is 9.92. The summed E-state index contributed by atoms with van der Waals surface area (Å²) in [7, 11) is 0. The van der Waals surface area contributed by atoms with Crippen molar-refractivity contribution in [2.24, 2.45) is 0 Å². The van der Waals surface area contributed by atoms with Crippen molar-refractivity contribution >= 4 is 27.9 Å². The minimum absolute atomic E-state index is 0.241. The lowest BCUT2D eigenvalue weighted by molar-refractivity contribution is -0.131. The number of benzene rings is 2. The Kier molecular flexibility index (Phi) is 3.98. The average molecular weight is 373 g/mol. The standard InChI is InChI=1S/C18H17BrN2O2/c1-12-7-9-13(10-8-12)11-21-16(22)18(2,20-17(21)23)14-5-3-4-6-15(14)19/h3-10H,11H2,1-2H3,(H,20,23)/t18-/m1/s1. The molecule has 0 aliphatic carbocycles. The highest BCUT2D eigenvalue weighted by Gasteiger charge is 2.49. The predicted octanol–water partition coefficient (Wildman–Crippen LogP) is 3.72.